The fourth-order valence-corrected chi connectivity index (χ4v) is 2.50. The molecule has 1 aromatic heterocycles. The molecule has 1 aromatic carbocycles. The normalized spacial score (nSPS) is 14.8. The summed E-state index contributed by atoms with van der Waals surface area (Å²) in [5, 5.41) is 27.7. The van der Waals surface area contributed by atoms with Crippen LogP contribution in [0.5, 0.6) is 0 Å². The first kappa shape index (κ1) is 16.6. The number of carbonyl (C=O) groups is 2. The van der Waals surface area contributed by atoms with Crippen LogP contribution in [0.2, 0.25) is 0 Å². The number of carboxylic acids is 1. The summed E-state index contributed by atoms with van der Waals surface area (Å²) in [5.41, 5.74) is 0.261. The van der Waals surface area contributed by atoms with Crippen molar-refractivity contribution < 1.29 is 19.6 Å². The number of rotatable bonds is 6. The lowest BCUT2D eigenvalue weighted by molar-refractivity contribution is -0.384. The number of hydrogen-bond acceptors (Lipinski definition) is 6. The Labute approximate surface area is 141 Å². The molecule has 0 radical (unpaired) electrons. The van der Waals surface area contributed by atoms with Gasteiger partial charge in [-0.15, -0.1) is 5.10 Å². The molecule has 0 bridgehead atoms. The molecule has 0 aliphatic heterocycles. The van der Waals surface area contributed by atoms with Crippen LogP contribution >= 0.6 is 0 Å². The monoisotopic (exact) mass is 345 g/mol. The summed E-state index contributed by atoms with van der Waals surface area (Å²) in [5.74, 6) is -1.61. The van der Waals surface area contributed by atoms with E-state index in [4.69, 9.17) is 0 Å². The zero-order valence-electron chi connectivity index (χ0n) is 13.3. The Morgan fingerprint density at radius 2 is 2.16 bits per heavy atom. The van der Waals surface area contributed by atoms with Gasteiger partial charge in [-0.3, -0.25) is 14.9 Å². The molecule has 1 saturated carbocycles. The first-order valence-electron chi connectivity index (χ1n) is 7.61. The largest absolute Gasteiger partial charge is 0.480 e. The number of nitro groups is 1. The lowest BCUT2D eigenvalue weighted by atomic mass is 10.2. The Bertz CT molecular complexity index is 844. The molecule has 130 valence electrons. The number of aromatic nitrogens is 3. The SMILES string of the molecule is CC(C(=O)O)N(C(=O)c1cn(-c2cccc([N+](=O)[O-])c2)nn1)C1CC1. The van der Waals surface area contributed by atoms with Crippen molar-refractivity contribution in [2.75, 3.05) is 0 Å². The van der Waals surface area contributed by atoms with Gasteiger partial charge in [-0.2, -0.15) is 0 Å². The Morgan fingerprint density at radius 1 is 1.44 bits per heavy atom. The van der Waals surface area contributed by atoms with Crippen molar-refractivity contribution in [3.8, 4) is 5.69 Å². The van der Waals surface area contributed by atoms with Crippen LogP contribution in [0.25, 0.3) is 5.69 Å². The highest BCUT2D eigenvalue weighted by molar-refractivity contribution is 5.95. The van der Waals surface area contributed by atoms with Crippen LogP contribution in [-0.2, 0) is 4.79 Å². The predicted molar refractivity (Wildman–Crippen MR) is 84.3 cm³/mol. The van der Waals surface area contributed by atoms with E-state index in [0.29, 0.717) is 5.69 Å². The minimum absolute atomic E-state index is 0.00786. The van der Waals surface area contributed by atoms with Gasteiger partial charge < -0.3 is 10.0 Å². The highest BCUT2D eigenvalue weighted by Crippen LogP contribution is 2.30. The van der Waals surface area contributed by atoms with Crippen molar-refractivity contribution in [3.05, 3.63) is 46.3 Å². The van der Waals surface area contributed by atoms with Crippen LogP contribution in [0, 0.1) is 10.1 Å². The van der Waals surface area contributed by atoms with E-state index in [1.54, 1.807) is 6.07 Å². The number of nitrogens with zero attached hydrogens (tertiary/aromatic N) is 5. The third-order valence-corrected chi connectivity index (χ3v) is 3.97. The van der Waals surface area contributed by atoms with Crippen LogP contribution in [0.15, 0.2) is 30.5 Å². The van der Waals surface area contributed by atoms with Gasteiger partial charge in [0.05, 0.1) is 16.8 Å². The summed E-state index contributed by atoms with van der Waals surface area (Å²) in [7, 11) is 0. The number of benzene rings is 1. The summed E-state index contributed by atoms with van der Waals surface area (Å²) in [6.45, 7) is 1.45. The lowest BCUT2D eigenvalue weighted by Gasteiger charge is -2.25. The van der Waals surface area contributed by atoms with Crippen LogP contribution in [0.3, 0.4) is 0 Å². The molecule has 10 nitrogen and oxygen atoms in total. The maximum Gasteiger partial charge on any atom is 0.326 e. The van der Waals surface area contributed by atoms with E-state index in [2.05, 4.69) is 10.3 Å². The van der Waals surface area contributed by atoms with Gasteiger partial charge in [-0.05, 0) is 25.8 Å². The standard InChI is InChI=1S/C15H15N5O5/c1-9(15(22)23)19(10-5-6-10)14(21)13-8-18(17-16-13)11-3-2-4-12(7-11)20(24)25/h2-4,7-10H,5-6H2,1H3,(H,22,23). The second-order valence-electron chi connectivity index (χ2n) is 5.78. The van der Waals surface area contributed by atoms with Crippen LogP contribution in [0.4, 0.5) is 5.69 Å². The van der Waals surface area contributed by atoms with Crippen LogP contribution in [0.1, 0.15) is 30.3 Å². The van der Waals surface area contributed by atoms with Crippen LogP contribution < -0.4 is 0 Å². The molecule has 1 N–H and O–H groups in total. The topological polar surface area (TPSA) is 131 Å². The summed E-state index contributed by atoms with van der Waals surface area (Å²) in [6.07, 6.45) is 2.84. The Kier molecular flexibility index (Phi) is 4.17. The van der Waals surface area contributed by atoms with Gasteiger partial charge in [0.2, 0.25) is 0 Å². The van der Waals surface area contributed by atoms with E-state index in [-0.39, 0.29) is 17.4 Å². The van der Waals surface area contributed by atoms with Gasteiger partial charge in [0.15, 0.2) is 5.69 Å². The molecule has 25 heavy (non-hydrogen) atoms. The number of carbonyl (C=O) groups excluding carboxylic acids is 1. The molecule has 1 aliphatic carbocycles. The predicted octanol–water partition coefficient (Wildman–Crippen LogP) is 1.25. The fourth-order valence-electron chi connectivity index (χ4n) is 2.50. The molecule has 2 aromatic rings. The first-order valence-corrected chi connectivity index (χ1v) is 7.61. The number of amides is 1. The van der Waals surface area contributed by atoms with E-state index in [1.165, 1.54) is 40.9 Å². The Balaban J connectivity index is 1.87. The van der Waals surface area contributed by atoms with Crippen molar-refractivity contribution in [1.29, 1.82) is 0 Å². The Morgan fingerprint density at radius 3 is 2.76 bits per heavy atom. The molecule has 1 atom stereocenters. The maximum atomic E-state index is 12.6. The van der Waals surface area contributed by atoms with Crippen molar-refractivity contribution in [2.24, 2.45) is 0 Å². The van der Waals surface area contributed by atoms with E-state index < -0.39 is 22.8 Å². The van der Waals surface area contributed by atoms with Crippen molar-refractivity contribution in [1.82, 2.24) is 19.9 Å². The third kappa shape index (κ3) is 3.32. The molecule has 1 amide bonds. The summed E-state index contributed by atoms with van der Waals surface area (Å²) < 4.78 is 1.25. The summed E-state index contributed by atoms with van der Waals surface area (Å²) >= 11 is 0. The zero-order valence-corrected chi connectivity index (χ0v) is 13.3. The quantitative estimate of drug-likeness (QED) is 0.615. The zero-order chi connectivity index (χ0) is 18.1. The van der Waals surface area contributed by atoms with Gasteiger partial charge in [-0.25, -0.2) is 9.48 Å². The second-order valence-corrected chi connectivity index (χ2v) is 5.78. The van der Waals surface area contributed by atoms with Crippen molar-refractivity contribution in [3.63, 3.8) is 0 Å². The molecule has 1 heterocycles. The molecule has 0 spiro atoms. The van der Waals surface area contributed by atoms with Gasteiger partial charge in [-0.1, -0.05) is 11.3 Å². The van der Waals surface area contributed by atoms with E-state index >= 15 is 0 Å². The molecule has 3 rings (SSSR count). The lowest BCUT2D eigenvalue weighted by Crippen LogP contribution is -2.44. The van der Waals surface area contributed by atoms with Gasteiger partial charge in [0, 0.05) is 18.2 Å². The number of hydrogen-bond donors (Lipinski definition) is 1. The molecular weight excluding hydrogens is 330 g/mol. The second kappa shape index (κ2) is 6.30. The van der Waals surface area contributed by atoms with Crippen LogP contribution in [-0.4, -0.2) is 53.9 Å². The summed E-state index contributed by atoms with van der Waals surface area (Å²) in [6, 6.07) is 4.66. The Hall–Kier alpha value is -3.30. The molecule has 1 fully saturated rings. The molecular formula is C15H15N5O5. The number of carboxylic acid groups (broad SMARTS) is 1. The van der Waals surface area contributed by atoms with Crippen molar-refractivity contribution >= 4 is 17.6 Å². The number of non-ortho nitro benzene ring substituents is 1. The summed E-state index contributed by atoms with van der Waals surface area (Å²) in [4.78, 5) is 35.5. The highest BCUT2D eigenvalue weighted by Gasteiger charge is 2.39. The number of nitro benzene ring substituents is 1. The van der Waals surface area contributed by atoms with Gasteiger partial charge >= 0.3 is 5.97 Å². The minimum atomic E-state index is -1.09. The van der Waals surface area contributed by atoms with E-state index in [1.807, 2.05) is 0 Å². The average Bonchev–Trinajstić information content (AvgIpc) is 3.29. The maximum absolute atomic E-state index is 12.6. The minimum Gasteiger partial charge on any atom is -0.480 e. The fraction of sp³-hybridized carbons (Fsp3) is 0.333. The highest BCUT2D eigenvalue weighted by atomic mass is 16.6. The van der Waals surface area contributed by atoms with E-state index in [0.717, 1.165) is 12.8 Å². The molecule has 1 aliphatic rings. The third-order valence-electron chi connectivity index (χ3n) is 3.97. The molecule has 0 saturated heterocycles. The number of aliphatic carboxylic acids is 1. The van der Waals surface area contributed by atoms with Crippen molar-refractivity contribution in [2.45, 2.75) is 31.8 Å². The smallest absolute Gasteiger partial charge is 0.326 e. The molecule has 1 unspecified atom stereocenters. The first-order chi connectivity index (χ1) is 11.9. The van der Waals surface area contributed by atoms with Gasteiger partial charge in [0.25, 0.3) is 11.6 Å². The van der Waals surface area contributed by atoms with Gasteiger partial charge in [0.1, 0.15) is 6.04 Å². The average molecular weight is 345 g/mol. The molecule has 10 heteroatoms. The van der Waals surface area contributed by atoms with E-state index in [9.17, 15) is 24.8 Å².